The van der Waals surface area contributed by atoms with E-state index in [1.807, 2.05) is 0 Å². The van der Waals surface area contributed by atoms with Crippen LogP contribution in [0.3, 0.4) is 0 Å². The van der Waals surface area contributed by atoms with Crippen molar-refractivity contribution in [1.82, 2.24) is 5.32 Å². The molecule has 0 aliphatic heterocycles. The quantitative estimate of drug-likeness (QED) is 0.784. The molecule has 0 radical (unpaired) electrons. The first-order valence-corrected chi connectivity index (χ1v) is 7.17. The molecule has 2 saturated carbocycles. The second-order valence-electron chi connectivity index (χ2n) is 5.21. The van der Waals surface area contributed by atoms with Gasteiger partial charge in [0, 0.05) is 16.3 Å². The van der Waals surface area contributed by atoms with Crippen LogP contribution >= 0.6 is 15.9 Å². The van der Waals surface area contributed by atoms with Crippen molar-refractivity contribution >= 4 is 21.8 Å². The van der Waals surface area contributed by atoms with E-state index in [0.717, 1.165) is 37.4 Å². The lowest BCUT2D eigenvalue weighted by molar-refractivity contribution is -0.131. The molecule has 2 aliphatic carbocycles. The van der Waals surface area contributed by atoms with Gasteiger partial charge in [-0.15, -0.1) is 0 Å². The van der Waals surface area contributed by atoms with Gasteiger partial charge in [-0.2, -0.15) is 0 Å². The van der Waals surface area contributed by atoms with E-state index in [9.17, 15) is 4.79 Å². The number of amides is 1. The summed E-state index contributed by atoms with van der Waals surface area (Å²) in [5, 5.41) is 4.17. The van der Waals surface area contributed by atoms with Gasteiger partial charge < -0.3 is 5.32 Å². The van der Waals surface area contributed by atoms with Gasteiger partial charge >= 0.3 is 0 Å². The van der Waals surface area contributed by atoms with E-state index in [0.29, 0.717) is 5.91 Å². The SMILES string of the molecule is CCC1(C(=O)NC2(CBr)CC2)CCCC1. The summed E-state index contributed by atoms with van der Waals surface area (Å²) >= 11 is 3.50. The topological polar surface area (TPSA) is 29.1 Å². The van der Waals surface area contributed by atoms with Gasteiger partial charge in [-0.05, 0) is 32.1 Å². The second kappa shape index (κ2) is 4.08. The van der Waals surface area contributed by atoms with Gasteiger partial charge in [0.05, 0.1) is 0 Å². The fourth-order valence-corrected chi connectivity index (χ4v) is 3.31. The molecule has 0 unspecified atom stereocenters. The highest BCUT2D eigenvalue weighted by atomic mass is 79.9. The smallest absolute Gasteiger partial charge is 0.226 e. The number of carbonyl (C=O) groups is 1. The van der Waals surface area contributed by atoms with Crippen molar-refractivity contribution in [1.29, 1.82) is 0 Å². The summed E-state index contributed by atoms with van der Waals surface area (Å²) in [6.07, 6.45) is 7.91. The van der Waals surface area contributed by atoms with E-state index in [-0.39, 0.29) is 11.0 Å². The Morgan fingerprint density at radius 1 is 1.27 bits per heavy atom. The van der Waals surface area contributed by atoms with Crippen molar-refractivity contribution in [2.75, 3.05) is 5.33 Å². The van der Waals surface area contributed by atoms with Crippen LogP contribution in [-0.4, -0.2) is 16.8 Å². The Balaban J connectivity index is 2.00. The van der Waals surface area contributed by atoms with Gasteiger partial charge in [-0.1, -0.05) is 35.7 Å². The lowest BCUT2D eigenvalue weighted by Crippen LogP contribution is -2.46. The number of hydrogen-bond donors (Lipinski definition) is 1. The molecule has 2 nitrogen and oxygen atoms in total. The molecule has 0 aromatic heterocycles. The summed E-state index contributed by atoms with van der Waals surface area (Å²) in [5.41, 5.74) is 0.0829. The van der Waals surface area contributed by atoms with E-state index in [1.165, 1.54) is 12.8 Å². The largest absolute Gasteiger partial charge is 0.349 e. The first kappa shape index (κ1) is 11.4. The van der Waals surface area contributed by atoms with Crippen LogP contribution in [0.4, 0.5) is 0 Å². The summed E-state index contributed by atoms with van der Waals surface area (Å²) in [6.45, 7) is 2.15. The Hall–Kier alpha value is -0.0500. The molecule has 0 atom stereocenters. The average molecular weight is 274 g/mol. The minimum Gasteiger partial charge on any atom is -0.349 e. The van der Waals surface area contributed by atoms with Crippen molar-refractivity contribution in [2.24, 2.45) is 5.41 Å². The first-order valence-electron chi connectivity index (χ1n) is 6.05. The number of rotatable bonds is 4. The third-order valence-electron chi connectivity index (χ3n) is 4.21. The summed E-state index contributed by atoms with van der Waals surface area (Å²) in [6, 6.07) is 0. The maximum absolute atomic E-state index is 12.3. The molecular weight excluding hydrogens is 254 g/mol. The molecule has 0 saturated heterocycles. The van der Waals surface area contributed by atoms with Crippen LogP contribution in [0.25, 0.3) is 0 Å². The van der Waals surface area contributed by atoms with Crippen LogP contribution in [0.1, 0.15) is 51.9 Å². The van der Waals surface area contributed by atoms with Crippen LogP contribution < -0.4 is 5.32 Å². The zero-order chi connectivity index (χ0) is 10.9. The summed E-state index contributed by atoms with van der Waals surface area (Å²) in [5.74, 6) is 0.319. The van der Waals surface area contributed by atoms with Crippen molar-refractivity contribution in [3.8, 4) is 0 Å². The molecule has 0 spiro atoms. The first-order chi connectivity index (χ1) is 7.16. The fraction of sp³-hybridized carbons (Fsp3) is 0.917. The van der Waals surface area contributed by atoms with Crippen LogP contribution in [0, 0.1) is 5.41 Å². The number of hydrogen-bond acceptors (Lipinski definition) is 1. The molecule has 86 valence electrons. The molecule has 0 heterocycles. The molecule has 2 aliphatic rings. The minimum absolute atomic E-state index is 0.0300. The lowest BCUT2D eigenvalue weighted by Gasteiger charge is -2.28. The predicted octanol–water partition coefficient (Wildman–Crippen LogP) is 3.00. The Kier molecular flexibility index (Phi) is 3.11. The van der Waals surface area contributed by atoms with Gasteiger partial charge in [0.15, 0.2) is 0 Å². The second-order valence-corrected chi connectivity index (χ2v) is 5.77. The Morgan fingerprint density at radius 3 is 2.27 bits per heavy atom. The van der Waals surface area contributed by atoms with Crippen LogP contribution in [0.2, 0.25) is 0 Å². The monoisotopic (exact) mass is 273 g/mol. The summed E-state index contributed by atoms with van der Waals surface area (Å²) in [4.78, 5) is 12.3. The highest BCUT2D eigenvalue weighted by Gasteiger charge is 2.47. The van der Waals surface area contributed by atoms with Crippen molar-refractivity contribution in [3.05, 3.63) is 0 Å². The Bertz CT molecular complexity index is 254. The normalized spacial score (nSPS) is 26.3. The van der Waals surface area contributed by atoms with Gasteiger partial charge in [-0.25, -0.2) is 0 Å². The third kappa shape index (κ3) is 2.08. The maximum Gasteiger partial charge on any atom is 0.226 e. The van der Waals surface area contributed by atoms with Crippen LogP contribution in [0.15, 0.2) is 0 Å². The number of halogens is 1. The standard InChI is InChI=1S/C12H20BrNO/c1-2-11(5-3-4-6-11)10(15)14-12(9-13)7-8-12/h2-9H2,1H3,(H,14,15). The van der Waals surface area contributed by atoms with Gasteiger partial charge in [0.1, 0.15) is 0 Å². The van der Waals surface area contributed by atoms with E-state index in [4.69, 9.17) is 0 Å². The molecule has 0 bridgehead atoms. The average Bonchev–Trinajstić information content (AvgIpc) is 2.85. The Morgan fingerprint density at radius 2 is 1.87 bits per heavy atom. The zero-order valence-electron chi connectivity index (χ0n) is 9.44. The highest BCUT2D eigenvalue weighted by Crippen LogP contribution is 2.44. The van der Waals surface area contributed by atoms with E-state index >= 15 is 0 Å². The summed E-state index contributed by atoms with van der Waals surface area (Å²) < 4.78 is 0. The molecule has 0 aromatic rings. The molecular formula is C12H20BrNO. The van der Waals surface area contributed by atoms with E-state index in [1.54, 1.807) is 0 Å². The third-order valence-corrected chi connectivity index (χ3v) is 5.28. The van der Waals surface area contributed by atoms with Gasteiger partial charge in [0.25, 0.3) is 0 Å². The van der Waals surface area contributed by atoms with E-state index < -0.39 is 0 Å². The van der Waals surface area contributed by atoms with Crippen LogP contribution in [0.5, 0.6) is 0 Å². The Labute approximate surface area is 100 Å². The predicted molar refractivity (Wildman–Crippen MR) is 65.1 cm³/mol. The molecule has 2 rings (SSSR count). The van der Waals surface area contributed by atoms with Gasteiger partial charge in [-0.3, -0.25) is 4.79 Å². The van der Waals surface area contributed by atoms with Crippen LogP contribution in [-0.2, 0) is 4.79 Å². The van der Waals surface area contributed by atoms with Gasteiger partial charge in [0.2, 0.25) is 5.91 Å². The molecule has 3 heteroatoms. The van der Waals surface area contributed by atoms with Crippen molar-refractivity contribution < 1.29 is 4.79 Å². The van der Waals surface area contributed by atoms with Crippen molar-refractivity contribution in [3.63, 3.8) is 0 Å². The van der Waals surface area contributed by atoms with Crippen molar-refractivity contribution in [2.45, 2.75) is 57.4 Å². The lowest BCUT2D eigenvalue weighted by atomic mass is 9.82. The number of carbonyl (C=O) groups excluding carboxylic acids is 1. The molecule has 15 heavy (non-hydrogen) atoms. The zero-order valence-corrected chi connectivity index (χ0v) is 11.0. The molecule has 1 N–H and O–H groups in total. The molecule has 2 fully saturated rings. The summed E-state index contributed by atoms with van der Waals surface area (Å²) in [7, 11) is 0. The number of nitrogens with one attached hydrogen (secondary N) is 1. The molecule has 0 aromatic carbocycles. The maximum atomic E-state index is 12.3. The molecule has 1 amide bonds. The minimum atomic E-state index is -0.0300. The number of alkyl halides is 1. The fourth-order valence-electron chi connectivity index (χ4n) is 2.61. The highest BCUT2D eigenvalue weighted by molar-refractivity contribution is 9.09. The van der Waals surface area contributed by atoms with E-state index in [2.05, 4.69) is 28.2 Å².